The van der Waals surface area contributed by atoms with Gasteiger partial charge < -0.3 is 5.32 Å². The largest absolute Gasteiger partial charge is 0.350 e. The van der Waals surface area contributed by atoms with E-state index in [0.29, 0.717) is 18.5 Å². The number of rotatable bonds is 5. The first kappa shape index (κ1) is 16.5. The van der Waals surface area contributed by atoms with Gasteiger partial charge in [0.05, 0.1) is 0 Å². The van der Waals surface area contributed by atoms with Gasteiger partial charge in [0.1, 0.15) is 22.7 Å². The summed E-state index contributed by atoms with van der Waals surface area (Å²) >= 11 is 1.58. The van der Waals surface area contributed by atoms with Gasteiger partial charge in [-0.1, -0.05) is 13.0 Å². The standard InChI is InChI=1S/C18H17N5O2S/c1-2-15-21-22(11-16(24)20-10-12-4-3-6-19-9-12)17(25)14-8-13-5-7-26-18(13)23(14)15/h3-9H,2,10-11H2,1H3,(H,20,24). The molecule has 4 aromatic heterocycles. The highest BCUT2D eigenvalue weighted by Gasteiger charge is 2.15. The lowest BCUT2D eigenvalue weighted by atomic mass is 10.3. The van der Waals surface area contributed by atoms with Gasteiger partial charge in [0, 0.05) is 30.7 Å². The van der Waals surface area contributed by atoms with Crippen molar-refractivity contribution in [3.05, 3.63) is 63.8 Å². The van der Waals surface area contributed by atoms with Gasteiger partial charge in [0.2, 0.25) is 5.91 Å². The van der Waals surface area contributed by atoms with Crippen LogP contribution in [0.3, 0.4) is 0 Å². The second kappa shape index (κ2) is 6.72. The number of hydrogen-bond acceptors (Lipinski definition) is 5. The highest BCUT2D eigenvalue weighted by molar-refractivity contribution is 7.16. The molecule has 8 heteroatoms. The van der Waals surface area contributed by atoms with Crippen LogP contribution in [0.4, 0.5) is 0 Å². The molecule has 132 valence electrons. The van der Waals surface area contributed by atoms with Crippen molar-refractivity contribution in [2.45, 2.75) is 26.4 Å². The number of nitrogens with zero attached hydrogens (tertiary/aromatic N) is 4. The van der Waals surface area contributed by atoms with Crippen molar-refractivity contribution in [3.63, 3.8) is 0 Å². The zero-order chi connectivity index (χ0) is 18.1. The predicted octanol–water partition coefficient (Wildman–Crippen LogP) is 1.98. The van der Waals surface area contributed by atoms with Crippen LogP contribution >= 0.6 is 11.3 Å². The lowest BCUT2D eigenvalue weighted by Gasteiger charge is -2.10. The van der Waals surface area contributed by atoms with Gasteiger partial charge >= 0.3 is 0 Å². The Kier molecular flexibility index (Phi) is 4.26. The second-order valence-corrected chi connectivity index (χ2v) is 6.81. The Bertz CT molecular complexity index is 1140. The molecular formula is C18H17N5O2S. The summed E-state index contributed by atoms with van der Waals surface area (Å²) in [5, 5.41) is 10.2. The van der Waals surface area contributed by atoms with E-state index in [2.05, 4.69) is 15.4 Å². The van der Waals surface area contributed by atoms with Crippen molar-refractivity contribution in [3.8, 4) is 0 Å². The highest BCUT2D eigenvalue weighted by atomic mass is 32.1. The second-order valence-electron chi connectivity index (χ2n) is 5.92. The molecule has 0 aliphatic heterocycles. The average molecular weight is 367 g/mol. The number of fused-ring (bicyclic) bond motifs is 3. The van der Waals surface area contributed by atoms with Gasteiger partial charge in [-0.25, -0.2) is 4.68 Å². The first-order valence-corrected chi connectivity index (χ1v) is 9.19. The summed E-state index contributed by atoms with van der Waals surface area (Å²) in [5.41, 5.74) is 1.19. The third-order valence-corrected chi connectivity index (χ3v) is 5.09. The molecule has 0 aromatic carbocycles. The molecule has 7 nitrogen and oxygen atoms in total. The maximum absolute atomic E-state index is 12.8. The summed E-state index contributed by atoms with van der Waals surface area (Å²) in [4.78, 5) is 30.0. The van der Waals surface area contributed by atoms with Crippen LogP contribution in [0.1, 0.15) is 18.3 Å². The quantitative estimate of drug-likeness (QED) is 0.585. The van der Waals surface area contributed by atoms with Crippen molar-refractivity contribution >= 4 is 33.0 Å². The first-order valence-electron chi connectivity index (χ1n) is 8.31. The van der Waals surface area contributed by atoms with E-state index in [1.165, 1.54) is 4.68 Å². The van der Waals surface area contributed by atoms with Gasteiger partial charge in [0.25, 0.3) is 5.56 Å². The molecule has 1 amide bonds. The van der Waals surface area contributed by atoms with E-state index >= 15 is 0 Å². The van der Waals surface area contributed by atoms with E-state index in [1.54, 1.807) is 23.7 Å². The number of carbonyl (C=O) groups excluding carboxylic acids is 1. The maximum Gasteiger partial charge on any atom is 0.291 e. The molecule has 1 N–H and O–H groups in total. The van der Waals surface area contributed by atoms with Crippen LogP contribution in [0.15, 0.2) is 46.8 Å². The van der Waals surface area contributed by atoms with Gasteiger partial charge in [-0.05, 0) is 29.1 Å². The first-order chi connectivity index (χ1) is 12.7. The number of pyridine rings is 1. The van der Waals surface area contributed by atoms with Crippen LogP contribution in [0.25, 0.3) is 15.7 Å². The van der Waals surface area contributed by atoms with Crippen molar-refractivity contribution in [2.75, 3.05) is 0 Å². The predicted molar refractivity (Wildman–Crippen MR) is 100 cm³/mol. The molecule has 0 bridgehead atoms. The Morgan fingerprint density at radius 2 is 2.23 bits per heavy atom. The van der Waals surface area contributed by atoms with Crippen LogP contribution in [-0.2, 0) is 24.3 Å². The summed E-state index contributed by atoms with van der Waals surface area (Å²) in [6, 6.07) is 7.54. The van der Waals surface area contributed by atoms with Gasteiger partial charge in [-0.15, -0.1) is 11.3 Å². The summed E-state index contributed by atoms with van der Waals surface area (Å²) < 4.78 is 3.14. The smallest absolute Gasteiger partial charge is 0.291 e. The lowest BCUT2D eigenvalue weighted by Crippen LogP contribution is -2.35. The summed E-state index contributed by atoms with van der Waals surface area (Å²) in [7, 11) is 0. The highest BCUT2D eigenvalue weighted by Crippen LogP contribution is 2.24. The molecular weight excluding hydrogens is 350 g/mol. The number of hydrogen-bond donors (Lipinski definition) is 1. The Balaban J connectivity index is 1.63. The number of amides is 1. The summed E-state index contributed by atoms with van der Waals surface area (Å²) in [6.45, 7) is 2.24. The molecule has 4 heterocycles. The average Bonchev–Trinajstić information content (AvgIpc) is 3.25. The normalized spacial score (nSPS) is 11.3. The molecule has 0 unspecified atom stereocenters. The number of nitrogens with one attached hydrogen (secondary N) is 1. The molecule has 0 saturated heterocycles. The van der Waals surface area contributed by atoms with Crippen LogP contribution in [0.2, 0.25) is 0 Å². The molecule has 0 aliphatic carbocycles. The van der Waals surface area contributed by atoms with E-state index in [9.17, 15) is 9.59 Å². The summed E-state index contributed by atoms with van der Waals surface area (Å²) in [6.07, 6.45) is 4.04. The molecule has 0 fully saturated rings. The van der Waals surface area contributed by atoms with E-state index in [-0.39, 0.29) is 18.0 Å². The van der Waals surface area contributed by atoms with Crippen LogP contribution in [-0.4, -0.2) is 25.1 Å². The fourth-order valence-corrected chi connectivity index (χ4v) is 3.85. The molecule has 0 radical (unpaired) electrons. The monoisotopic (exact) mass is 367 g/mol. The van der Waals surface area contributed by atoms with Gasteiger partial charge in [0.15, 0.2) is 0 Å². The molecule has 26 heavy (non-hydrogen) atoms. The van der Waals surface area contributed by atoms with Crippen molar-refractivity contribution in [1.82, 2.24) is 24.5 Å². The van der Waals surface area contributed by atoms with Crippen LogP contribution < -0.4 is 10.9 Å². The van der Waals surface area contributed by atoms with Crippen molar-refractivity contribution < 1.29 is 4.79 Å². The van der Waals surface area contributed by atoms with Gasteiger partial charge in [-0.3, -0.25) is 19.0 Å². The SMILES string of the molecule is CCc1nn(CC(=O)NCc2cccnc2)c(=O)c2cc3ccsc3n12. The van der Waals surface area contributed by atoms with Crippen molar-refractivity contribution in [1.29, 1.82) is 0 Å². The van der Waals surface area contributed by atoms with Crippen LogP contribution in [0.5, 0.6) is 0 Å². The topological polar surface area (TPSA) is 81.3 Å². The number of thiophene rings is 1. The van der Waals surface area contributed by atoms with E-state index in [0.717, 1.165) is 21.6 Å². The Labute approximate surface area is 152 Å². The minimum Gasteiger partial charge on any atom is -0.350 e. The van der Waals surface area contributed by atoms with Crippen LogP contribution in [0, 0.1) is 0 Å². The third kappa shape index (κ3) is 2.88. The third-order valence-electron chi connectivity index (χ3n) is 4.18. The molecule has 0 aliphatic rings. The Hall–Kier alpha value is -3.00. The number of aromatic nitrogens is 4. The minimum absolute atomic E-state index is 0.110. The number of aryl methyl sites for hydroxylation is 1. The molecule has 4 aromatic rings. The molecule has 0 atom stereocenters. The fourth-order valence-electron chi connectivity index (χ4n) is 2.93. The maximum atomic E-state index is 12.8. The zero-order valence-corrected chi connectivity index (χ0v) is 15.0. The Morgan fingerprint density at radius 1 is 1.35 bits per heavy atom. The van der Waals surface area contributed by atoms with E-state index < -0.39 is 0 Å². The Morgan fingerprint density at radius 3 is 3.00 bits per heavy atom. The molecule has 4 rings (SSSR count). The summed E-state index contributed by atoms with van der Waals surface area (Å²) in [5.74, 6) is 0.500. The molecule has 0 saturated carbocycles. The zero-order valence-electron chi connectivity index (χ0n) is 14.2. The molecule has 0 spiro atoms. The lowest BCUT2D eigenvalue weighted by molar-refractivity contribution is -0.122. The fraction of sp³-hybridized carbons (Fsp3) is 0.222. The van der Waals surface area contributed by atoms with Gasteiger partial charge in [-0.2, -0.15) is 5.10 Å². The van der Waals surface area contributed by atoms with Crippen molar-refractivity contribution in [2.24, 2.45) is 0 Å². The van der Waals surface area contributed by atoms with E-state index in [4.69, 9.17) is 0 Å². The number of carbonyl (C=O) groups is 1. The minimum atomic E-state index is -0.262. The van der Waals surface area contributed by atoms with E-state index in [1.807, 2.05) is 41.0 Å².